The monoisotopic (exact) mass is 238 g/mol. The van der Waals surface area contributed by atoms with E-state index in [1.165, 1.54) is 16.7 Å². The fourth-order valence-corrected chi connectivity index (χ4v) is 1.92. The summed E-state index contributed by atoms with van der Waals surface area (Å²) in [7, 11) is 3.71. The summed E-state index contributed by atoms with van der Waals surface area (Å²) in [4.78, 5) is 4.19. The van der Waals surface area contributed by atoms with Crippen molar-refractivity contribution in [2.24, 2.45) is 4.99 Å². The normalized spacial score (nSPS) is 11.3. The lowest BCUT2D eigenvalue weighted by Gasteiger charge is -2.06. The maximum atomic E-state index is 4.19. The number of likely N-dealkylation sites (N-methyl/N-ethyl adjacent to an activating group) is 1. The molecule has 92 valence electrons. The summed E-state index contributed by atoms with van der Waals surface area (Å²) < 4.78 is 0. The minimum Gasteiger partial charge on any atom is -0.377 e. The van der Waals surface area contributed by atoms with Crippen molar-refractivity contribution in [3.63, 3.8) is 0 Å². The van der Waals surface area contributed by atoms with Gasteiger partial charge in [-0.15, -0.1) is 0 Å². The molecule has 1 N–H and O–H groups in total. The fraction of sp³-hybridized carbons (Fsp3) is 0.188. The van der Waals surface area contributed by atoms with Gasteiger partial charge in [0.2, 0.25) is 0 Å². The second-order valence-corrected chi connectivity index (χ2v) is 4.16. The molecule has 2 aromatic carbocycles. The fourth-order valence-electron chi connectivity index (χ4n) is 1.92. The number of hydrogen-bond donors (Lipinski definition) is 1. The van der Waals surface area contributed by atoms with Crippen LogP contribution in [0.5, 0.6) is 0 Å². The molecular weight excluding hydrogens is 220 g/mol. The quantitative estimate of drug-likeness (QED) is 0.644. The first-order chi connectivity index (χ1) is 8.83. The summed E-state index contributed by atoms with van der Waals surface area (Å²) in [6.07, 6.45) is 0.849. The molecule has 0 spiro atoms. The largest absolute Gasteiger partial charge is 0.377 e. The summed E-state index contributed by atoms with van der Waals surface area (Å²) in [6, 6.07) is 19.0. The third-order valence-corrected chi connectivity index (χ3v) is 2.99. The van der Waals surface area contributed by atoms with Crippen molar-refractivity contribution in [3.05, 3.63) is 60.2 Å². The van der Waals surface area contributed by atoms with E-state index >= 15 is 0 Å². The van der Waals surface area contributed by atoms with Crippen LogP contribution < -0.4 is 5.32 Å². The lowest BCUT2D eigenvalue weighted by Crippen LogP contribution is -2.20. The van der Waals surface area contributed by atoms with E-state index in [2.05, 4.69) is 58.8 Å². The molecule has 0 saturated carbocycles. The Labute approximate surface area is 108 Å². The number of nitrogens with one attached hydrogen (secondary N) is 1. The first kappa shape index (κ1) is 12.4. The smallest absolute Gasteiger partial charge is 0.100 e. The van der Waals surface area contributed by atoms with Gasteiger partial charge in [0, 0.05) is 20.5 Å². The highest BCUT2D eigenvalue weighted by molar-refractivity contribution is 5.84. The van der Waals surface area contributed by atoms with Crippen molar-refractivity contribution in [2.45, 2.75) is 6.42 Å². The minimum atomic E-state index is 0.849. The Morgan fingerprint density at radius 2 is 1.56 bits per heavy atom. The number of nitrogens with zero attached hydrogens (tertiary/aromatic N) is 1. The molecule has 0 amide bonds. The zero-order valence-electron chi connectivity index (χ0n) is 10.9. The van der Waals surface area contributed by atoms with Crippen LogP contribution in [0.1, 0.15) is 5.56 Å². The standard InChI is InChI=1S/C16H18N2/c1-17-16(18-2)12-13-8-10-15(11-9-13)14-6-4-3-5-7-14/h3-11H,12H2,1-2H3,(H,17,18). The average molecular weight is 238 g/mol. The minimum absolute atomic E-state index is 0.849. The van der Waals surface area contributed by atoms with E-state index in [1.54, 1.807) is 0 Å². The first-order valence-corrected chi connectivity index (χ1v) is 6.11. The number of benzene rings is 2. The van der Waals surface area contributed by atoms with Crippen molar-refractivity contribution >= 4 is 5.84 Å². The Bertz CT molecular complexity index is 513. The third kappa shape index (κ3) is 2.98. The van der Waals surface area contributed by atoms with Crippen LogP contribution in [-0.2, 0) is 6.42 Å². The molecule has 0 unspecified atom stereocenters. The number of hydrogen-bond acceptors (Lipinski definition) is 1. The average Bonchev–Trinajstić information content (AvgIpc) is 2.46. The summed E-state index contributed by atoms with van der Waals surface area (Å²) in [5, 5.41) is 3.10. The highest BCUT2D eigenvalue weighted by atomic mass is 14.9. The Hall–Kier alpha value is -2.09. The molecule has 0 heterocycles. The van der Waals surface area contributed by atoms with Crippen molar-refractivity contribution in [2.75, 3.05) is 14.1 Å². The molecule has 0 aliphatic carbocycles. The number of rotatable bonds is 3. The SMILES string of the molecule is CN=C(Cc1ccc(-c2ccccc2)cc1)NC. The van der Waals surface area contributed by atoms with Crippen LogP contribution in [0.25, 0.3) is 11.1 Å². The summed E-state index contributed by atoms with van der Waals surface area (Å²) in [5.41, 5.74) is 3.77. The summed E-state index contributed by atoms with van der Waals surface area (Å²) in [5.74, 6) is 1.00. The number of amidine groups is 1. The van der Waals surface area contributed by atoms with Crippen LogP contribution in [0.3, 0.4) is 0 Å². The van der Waals surface area contributed by atoms with Gasteiger partial charge in [0.05, 0.1) is 0 Å². The van der Waals surface area contributed by atoms with E-state index in [0.717, 1.165) is 12.3 Å². The number of aliphatic imine (C=N–C) groups is 1. The maximum Gasteiger partial charge on any atom is 0.100 e. The van der Waals surface area contributed by atoms with Crippen molar-refractivity contribution < 1.29 is 0 Å². The summed E-state index contributed by atoms with van der Waals surface area (Å²) >= 11 is 0. The van der Waals surface area contributed by atoms with Crippen LogP contribution in [0.2, 0.25) is 0 Å². The molecule has 2 nitrogen and oxygen atoms in total. The van der Waals surface area contributed by atoms with E-state index in [0.29, 0.717) is 0 Å². The van der Waals surface area contributed by atoms with Gasteiger partial charge in [-0.05, 0) is 16.7 Å². The molecule has 0 aliphatic rings. The van der Waals surface area contributed by atoms with Gasteiger partial charge < -0.3 is 5.32 Å². The van der Waals surface area contributed by atoms with Gasteiger partial charge in [0.25, 0.3) is 0 Å². The molecule has 0 atom stereocenters. The molecule has 0 aliphatic heterocycles. The van der Waals surface area contributed by atoms with E-state index < -0.39 is 0 Å². The van der Waals surface area contributed by atoms with Gasteiger partial charge in [-0.1, -0.05) is 54.6 Å². The Morgan fingerprint density at radius 3 is 2.11 bits per heavy atom. The van der Waals surface area contributed by atoms with Gasteiger partial charge in [-0.25, -0.2) is 0 Å². The molecular formula is C16H18N2. The molecule has 2 rings (SSSR count). The van der Waals surface area contributed by atoms with Gasteiger partial charge in [-0.3, -0.25) is 4.99 Å². The molecule has 2 aromatic rings. The zero-order valence-corrected chi connectivity index (χ0v) is 10.9. The second kappa shape index (κ2) is 6.01. The van der Waals surface area contributed by atoms with Crippen LogP contribution in [0.4, 0.5) is 0 Å². The van der Waals surface area contributed by atoms with Crippen molar-refractivity contribution in [1.29, 1.82) is 0 Å². The zero-order chi connectivity index (χ0) is 12.8. The van der Waals surface area contributed by atoms with Gasteiger partial charge in [0.1, 0.15) is 5.84 Å². The van der Waals surface area contributed by atoms with Crippen LogP contribution in [0, 0.1) is 0 Å². The predicted octanol–water partition coefficient (Wildman–Crippen LogP) is 3.14. The molecule has 0 saturated heterocycles. The lowest BCUT2D eigenvalue weighted by molar-refractivity contribution is 1.08. The van der Waals surface area contributed by atoms with Crippen LogP contribution in [0.15, 0.2) is 59.6 Å². The molecule has 0 aromatic heterocycles. The van der Waals surface area contributed by atoms with Gasteiger partial charge >= 0.3 is 0 Å². The van der Waals surface area contributed by atoms with Gasteiger partial charge in [0.15, 0.2) is 0 Å². The Morgan fingerprint density at radius 1 is 0.944 bits per heavy atom. The van der Waals surface area contributed by atoms with Crippen molar-refractivity contribution in [3.8, 4) is 11.1 Å². The Balaban J connectivity index is 2.16. The van der Waals surface area contributed by atoms with Crippen molar-refractivity contribution in [1.82, 2.24) is 5.32 Å². The molecule has 0 radical (unpaired) electrons. The lowest BCUT2D eigenvalue weighted by atomic mass is 10.0. The third-order valence-electron chi connectivity index (χ3n) is 2.99. The highest BCUT2D eigenvalue weighted by Gasteiger charge is 2.00. The first-order valence-electron chi connectivity index (χ1n) is 6.11. The van der Waals surface area contributed by atoms with E-state index in [9.17, 15) is 0 Å². The molecule has 18 heavy (non-hydrogen) atoms. The second-order valence-electron chi connectivity index (χ2n) is 4.16. The van der Waals surface area contributed by atoms with E-state index in [1.807, 2.05) is 20.2 Å². The molecule has 0 bridgehead atoms. The van der Waals surface area contributed by atoms with Crippen LogP contribution >= 0.6 is 0 Å². The predicted molar refractivity (Wildman–Crippen MR) is 78.0 cm³/mol. The Kier molecular flexibility index (Phi) is 4.13. The van der Waals surface area contributed by atoms with Crippen LogP contribution in [-0.4, -0.2) is 19.9 Å². The van der Waals surface area contributed by atoms with E-state index in [-0.39, 0.29) is 0 Å². The van der Waals surface area contributed by atoms with E-state index in [4.69, 9.17) is 0 Å². The van der Waals surface area contributed by atoms with Gasteiger partial charge in [-0.2, -0.15) is 0 Å². The molecule has 2 heteroatoms. The topological polar surface area (TPSA) is 24.4 Å². The highest BCUT2D eigenvalue weighted by Crippen LogP contribution is 2.19. The summed E-state index contributed by atoms with van der Waals surface area (Å²) in [6.45, 7) is 0. The maximum absolute atomic E-state index is 4.19. The molecule has 0 fully saturated rings.